The van der Waals surface area contributed by atoms with E-state index in [9.17, 15) is 0 Å². The molecule has 0 N–H and O–H groups in total. The topological polar surface area (TPSA) is 56.0 Å². The van der Waals surface area contributed by atoms with Crippen LogP contribution in [0.4, 0.5) is 0 Å². The van der Waals surface area contributed by atoms with Crippen LogP contribution in [0.3, 0.4) is 0 Å². The summed E-state index contributed by atoms with van der Waals surface area (Å²) in [5, 5.41) is 15.3. The number of tetrazole rings is 1. The highest BCUT2D eigenvalue weighted by Gasteiger charge is 1.92. The van der Waals surface area contributed by atoms with Gasteiger partial charge in [0.2, 0.25) is 0 Å². The molecule has 1 aromatic carbocycles. The summed E-state index contributed by atoms with van der Waals surface area (Å²) in [6, 6.07) is 9.75. The summed E-state index contributed by atoms with van der Waals surface area (Å²) in [5.41, 5.74) is 1.00. The van der Waals surface area contributed by atoms with Gasteiger partial charge in [-0.1, -0.05) is 30.3 Å². The normalized spacial score (nSPS) is 10.9. The minimum atomic E-state index is 0.607. The summed E-state index contributed by atoms with van der Waals surface area (Å²) in [6.45, 7) is 1.77. The first-order chi connectivity index (χ1) is 6.84. The fourth-order valence-corrected chi connectivity index (χ4v) is 0.980. The van der Waals surface area contributed by atoms with Crippen molar-refractivity contribution in [3.05, 3.63) is 41.7 Å². The SMILES string of the molecule is Cc1nnn(N=Cc2ccccc2)n1. The van der Waals surface area contributed by atoms with Crippen molar-refractivity contribution in [2.24, 2.45) is 5.10 Å². The van der Waals surface area contributed by atoms with E-state index in [1.807, 2.05) is 30.3 Å². The highest BCUT2D eigenvalue weighted by Crippen LogP contribution is 1.93. The zero-order valence-electron chi connectivity index (χ0n) is 7.70. The van der Waals surface area contributed by atoms with E-state index in [1.54, 1.807) is 13.1 Å². The zero-order chi connectivity index (χ0) is 9.80. The number of aromatic nitrogens is 4. The highest BCUT2D eigenvalue weighted by atomic mass is 15.7. The van der Waals surface area contributed by atoms with Crippen LogP contribution in [0, 0.1) is 6.92 Å². The molecule has 0 aliphatic carbocycles. The second-order valence-corrected chi connectivity index (χ2v) is 2.76. The van der Waals surface area contributed by atoms with Crippen LogP contribution in [0.25, 0.3) is 0 Å². The molecular formula is C9H9N5. The fourth-order valence-electron chi connectivity index (χ4n) is 0.980. The molecule has 0 saturated heterocycles. The Hall–Kier alpha value is -2.04. The predicted molar refractivity (Wildman–Crippen MR) is 52.0 cm³/mol. The molecule has 5 heteroatoms. The van der Waals surface area contributed by atoms with Crippen molar-refractivity contribution < 1.29 is 0 Å². The first-order valence-electron chi connectivity index (χ1n) is 4.20. The predicted octanol–water partition coefficient (Wildman–Crippen LogP) is 0.864. The van der Waals surface area contributed by atoms with E-state index in [1.165, 1.54) is 4.91 Å². The molecule has 0 unspecified atom stereocenters. The lowest BCUT2D eigenvalue weighted by molar-refractivity contribution is 0.612. The Morgan fingerprint density at radius 1 is 1.29 bits per heavy atom. The Morgan fingerprint density at radius 3 is 2.71 bits per heavy atom. The van der Waals surface area contributed by atoms with Gasteiger partial charge >= 0.3 is 0 Å². The number of hydrogen-bond donors (Lipinski definition) is 0. The van der Waals surface area contributed by atoms with Crippen LogP contribution < -0.4 is 0 Å². The first-order valence-corrected chi connectivity index (χ1v) is 4.20. The molecule has 0 aliphatic heterocycles. The standard InChI is InChI=1S/C9H9N5/c1-8-11-13-14(12-8)10-7-9-5-3-2-4-6-9/h2-7H,1H3. The number of hydrogen-bond acceptors (Lipinski definition) is 4. The molecule has 0 amide bonds. The number of aryl methyl sites for hydroxylation is 1. The van der Waals surface area contributed by atoms with Gasteiger partial charge in [0, 0.05) is 0 Å². The van der Waals surface area contributed by atoms with E-state index in [4.69, 9.17) is 0 Å². The molecule has 0 atom stereocenters. The third-order valence-electron chi connectivity index (χ3n) is 1.61. The summed E-state index contributed by atoms with van der Waals surface area (Å²) < 4.78 is 0. The van der Waals surface area contributed by atoms with Crippen molar-refractivity contribution >= 4 is 6.21 Å². The maximum atomic E-state index is 4.00. The van der Waals surface area contributed by atoms with Crippen LogP contribution in [-0.4, -0.2) is 26.5 Å². The number of rotatable bonds is 2. The second kappa shape index (κ2) is 3.78. The Balaban J connectivity index is 2.15. The van der Waals surface area contributed by atoms with Crippen molar-refractivity contribution in [3.8, 4) is 0 Å². The molecule has 0 bridgehead atoms. The zero-order valence-corrected chi connectivity index (χ0v) is 7.70. The van der Waals surface area contributed by atoms with Crippen LogP contribution in [-0.2, 0) is 0 Å². The molecule has 1 aromatic heterocycles. The number of nitrogens with zero attached hydrogens (tertiary/aromatic N) is 5. The highest BCUT2D eigenvalue weighted by molar-refractivity contribution is 5.79. The van der Waals surface area contributed by atoms with Crippen LogP contribution in [0.5, 0.6) is 0 Å². The quantitative estimate of drug-likeness (QED) is 0.655. The Morgan fingerprint density at radius 2 is 2.07 bits per heavy atom. The molecular weight excluding hydrogens is 178 g/mol. The molecule has 2 rings (SSSR count). The van der Waals surface area contributed by atoms with Crippen molar-refractivity contribution in [2.45, 2.75) is 6.92 Å². The summed E-state index contributed by atoms with van der Waals surface area (Å²) in [7, 11) is 0. The van der Waals surface area contributed by atoms with E-state index in [2.05, 4.69) is 20.5 Å². The number of benzene rings is 1. The average Bonchev–Trinajstić information content (AvgIpc) is 2.63. The van der Waals surface area contributed by atoms with Gasteiger partial charge in [0.1, 0.15) is 0 Å². The molecule has 70 valence electrons. The summed E-state index contributed by atoms with van der Waals surface area (Å²) >= 11 is 0. The molecule has 1 heterocycles. The van der Waals surface area contributed by atoms with Crippen LogP contribution in [0.2, 0.25) is 0 Å². The van der Waals surface area contributed by atoms with E-state index in [-0.39, 0.29) is 0 Å². The largest absolute Gasteiger partial charge is 0.173 e. The van der Waals surface area contributed by atoms with Gasteiger partial charge in [0.05, 0.1) is 6.21 Å². The second-order valence-electron chi connectivity index (χ2n) is 2.76. The van der Waals surface area contributed by atoms with Gasteiger partial charge in [0.15, 0.2) is 5.82 Å². The molecule has 0 radical (unpaired) electrons. The lowest BCUT2D eigenvalue weighted by Gasteiger charge is -1.89. The van der Waals surface area contributed by atoms with Gasteiger partial charge in [-0.25, -0.2) is 0 Å². The Kier molecular flexibility index (Phi) is 2.31. The van der Waals surface area contributed by atoms with Crippen molar-refractivity contribution in [2.75, 3.05) is 0 Å². The Labute approximate surface area is 81.1 Å². The minimum Gasteiger partial charge on any atom is -0.138 e. The summed E-state index contributed by atoms with van der Waals surface area (Å²) in [5.74, 6) is 0.607. The molecule has 0 saturated carbocycles. The van der Waals surface area contributed by atoms with Gasteiger partial charge in [-0.3, -0.25) is 0 Å². The lowest BCUT2D eigenvalue weighted by Crippen LogP contribution is -1.95. The summed E-state index contributed by atoms with van der Waals surface area (Å²) in [4.78, 5) is 1.20. The smallest absolute Gasteiger partial charge is 0.138 e. The average molecular weight is 187 g/mol. The maximum absolute atomic E-state index is 4.00. The van der Waals surface area contributed by atoms with E-state index < -0.39 is 0 Å². The fraction of sp³-hybridized carbons (Fsp3) is 0.111. The Bertz CT molecular complexity index is 431. The van der Waals surface area contributed by atoms with Crippen LogP contribution in [0.1, 0.15) is 11.4 Å². The van der Waals surface area contributed by atoms with Crippen LogP contribution in [0.15, 0.2) is 35.4 Å². The first kappa shape index (κ1) is 8.55. The summed E-state index contributed by atoms with van der Waals surface area (Å²) in [6.07, 6.45) is 1.68. The maximum Gasteiger partial charge on any atom is 0.173 e. The lowest BCUT2D eigenvalue weighted by atomic mass is 10.2. The van der Waals surface area contributed by atoms with Gasteiger partial charge in [-0.15, -0.1) is 15.3 Å². The van der Waals surface area contributed by atoms with Gasteiger partial charge in [-0.2, -0.15) is 0 Å². The monoisotopic (exact) mass is 187 g/mol. The van der Waals surface area contributed by atoms with Gasteiger partial charge in [-0.05, 0) is 22.6 Å². The molecule has 2 aromatic rings. The van der Waals surface area contributed by atoms with Crippen molar-refractivity contribution in [1.29, 1.82) is 0 Å². The molecule has 0 spiro atoms. The van der Waals surface area contributed by atoms with Crippen LogP contribution >= 0.6 is 0 Å². The molecule has 14 heavy (non-hydrogen) atoms. The molecule has 5 nitrogen and oxygen atoms in total. The molecule has 0 aliphatic rings. The van der Waals surface area contributed by atoms with E-state index in [0.29, 0.717) is 5.82 Å². The molecule has 0 fully saturated rings. The van der Waals surface area contributed by atoms with Gasteiger partial charge in [0.25, 0.3) is 0 Å². The third-order valence-corrected chi connectivity index (χ3v) is 1.61. The third kappa shape index (κ3) is 2.01. The van der Waals surface area contributed by atoms with Crippen molar-refractivity contribution in [3.63, 3.8) is 0 Å². The van der Waals surface area contributed by atoms with Gasteiger partial charge < -0.3 is 0 Å². The van der Waals surface area contributed by atoms with E-state index >= 15 is 0 Å². The van der Waals surface area contributed by atoms with Crippen molar-refractivity contribution in [1.82, 2.24) is 20.3 Å². The van der Waals surface area contributed by atoms with E-state index in [0.717, 1.165) is 5.56 Å². The minimum absolute atomic E-state index is 0.607.